The lowest BCUT2D eigenvalue weighted by Gasteiger charge is -2.50. The molecule has 0 aromatic heterocycles. The summed E-state index contributed by atoms with van der Waals surface area (Å²) >= 11 is 0. The number of rotatable bonds is 59. The van der Waals surface area contributed by atoms with E-state index in [1.54, 1.807) is 6.08 Å². The van der Waals surface area contributed by atoms with Crippen molar-refractivity contribution in [3.8, 4) is 0 Å². The highest BCUT2D eigenvalue weighted by Crippen LogP contribution is 2.39. The third-order valence-corrected chi connectivity index (χ3v) is 19.4. The lowest BCUT2D eigenvalue weighted by molar-refractivity contribution is -0.386. The fourth-order valence-corrected chi connectivity index (χ4v) is 13.3. The van der Waals surface area contributed by atoms with Gasteiger partial charge in [-0.1, -0.05) is 250 Å². The van der Waals surface area contributed by atoms with Gasteiger partial charge in [-0.15, -0.1) is 0 Å². The Morgan fingerprint density at radius 3 is 1.40 bits per heavy atom. The lowest BCUT2D eigenvalue weighted by atomic mass is 9.88. The predicted molar refractivity (Wildman–Crippen MR) is 371 cm³/mol. The Kier molecular flexibility index (Phi) is 49.2. The van der Waals surface area contributed by atoms with Crippen molar-refractivity contribution in [2.45, 2.75) is 400 Å². The lowest BCUT2D eigenvalue weighted by Crippen LogP contribution is -2.70. The topological polar surface area (TPSA) is 373 Å². The summed E-state index contributed by atoms with van der Waals surface area (Å²) < 4.78 is 34.8. The Hall–Kier alpha value is -2.79. The van der Waals surface area contributed by atoms with Crippen molar-refractivity contribution in [3.63, 3.8) is 0 Å². The molecule has 97 heavy (non-hydrogen) atoms. The second kappa shape index (κ2) is 53.9. The van der Waals surface area contributed by atoms with Crippen LogP contribution in [0.15, 0.2) is 24.3 Å². The zero-order valence-electron chi connectivity index (χ0n) is 59.7. The zero-order valence-corrected chi connectivity index (χ0v) is 59.7. The largest absolute Gasteiger partial charge is 0.477 e. The monoisotopic (exact) mass is 1390 g/mol. The van der Waals surface area contributed by atoms with Gasteiger partial charge < -0.3 is 100 Å². The summed E-state index contributed by atoms with van der Waals surface area (Å²) in [5.41, 5.74) is 0. The number of aliphatic carboxylic acids is 1. The first-order valence-electron chi connectivity index (χ1n) is 38.2. The van der Waals surface area contributed by atoms with E-state index in [0.717, 1.165) is 51.9 Å². The van der Waals surface area contributed by atoms with E-state index in [1.165, 1.54) is 199 Å². The number of hydrogen-bond acceptors (Lipinski definition) is 20. The van der Waals surface area contributed by atoms with Crippen molar-refractivity contribution in [1.29, 1.82) is 0 Å². The summed E-state index contributed by atoms with van der Waals surface area (Å²) in [6.45, 7) is 2.14. The molecule has 0 aliphatic carbocycles. The molecule has 3 heterocycles. The molecule has 3 aliphatic heterocycles. The standard InChI is InChI=1S/C74H136N2O21/c1-4-6-8-10-12-14-16-18-19-20-21-22-23-24-25-26-27-28-29-30-31-32-33-34-35-36-38-40-42-44-46-48-61(84)76-55(56(81)47-45-43-41-39-37-17-15-13-11-9-7-5-2)53-92-71-66(88)65(87)68(60(52-79)94-71)95-72-67(89)70(64(86)59(51-78)93-72)97-74(73(90)91)49-57(82)62(75-54(3)80)69(96-74)63(85)58(83)50-77/h24-25,45,47,55-60,62-72,77-79,81-83,85-89H,4-23,26-44,46,48-53H2,1-3H3,(H,75,80)(H,76,84)(H,90,91)/b25-24-,47-45+. The van der Waals surface area contributed by atoms with Gasteiger partial charge in [-0.25, -0.2) is 4.79 Å². The van der Waals surface area contributed by atoms with Gasteiger partial charge in [0, 0.05) is 19.8 Å². The van der Waals surface area contributed by atoms with Gasteiger partial charge in [0.15, 0.2) is 12.6 Å². The Balaban J connectivity index is 1.47. The third-order valence-electron chi connectivity index (χ3n) is 19.4. The van der Waals surface area contributed by atoms with Crippen molar-refractivity contribution < 1.29 is 104 Å². The average molecular weight is 1390 g/mol. The molecule has 18 atom stereocenters. The first-order valence-corrected chi connectivity index (χ1v) is 38.2. The summed E-state index contributed by atoms with van der Waals surface area (Å²) in [6, 6.07) is -2.62. The highest BCUT2D eigenvalue weighted by molar-refractivity contribution is 5.77. The Labute approximate surface area is 581 Å². The SMILES string of the molecule is CCCCCCCCCCCC/C=C/C(O)C(COC1OC(CO)C(OC2OC(CO)C(O)C(OC3(C(=O)O)CC(O)C(NC(C)=O)C(C(O)C(O)CO)O3)C2O)C(O)C1O)NC(=O)CCCCCCCCCCCCCCCCC/C=C\CCCCCCCCCCCCCC. The van der Waals surface area contributed by atoms with Crippen LogP contribution in [-0.4, -0.2) is 215 Å². The minimum atomic E-state index is -3.08. The van der Waals surface area contributed by atoms with E-state index < -0.39 is 155 Å². The number of carbonyl (C=O) groups is 3. The van der Waals surface area contributed by atoms with Gasteiger partial charge in [0.2, 0.25) is 11.8 Å². The molecule has 2 amide bonds. The zero-order chi connectivity index (χ0) is 71.1. The molecule has 3 aliphatic rings. The summed E-state index contributed by atoms with van der Waals surface area (Å²) in [4.78, 5) is 38.6. The van der Waals surface area contributed by atoms with Crippen LogP contribution in [0.5, 0.6) is 0 Å². The van der Waals surface area contributed by atoms with Crippen molar-refractivity contribution in [3.05, 3.63) is 24.3 Å². The van der Waals surface area contributed by atoms with Crippen LogP contribution in [0, 0.1) is 0 Å². The van der Waals surface area contributed by atoms with Gasteiger partial charge in [0.05, 0.1) is 50.7 Å². The molecule has 3 fully saturated rings. The number of allylic oxidation sites excluding steroid dienone is 3. The molecule has 568 valence electrons. The van der Waals surface area contributed by atoms with Gasteiger partial charge in [-0.2, -0.15) is 0 Å². The molecule has 23 heteroatoms. The first-order chi connectivity index (χ1) is 46.9. The molecule has 23 nitrogen and oxygen atoms in total. The Morgan fingerprint density at radius 1 is 0.536 bits per heavy atom. The first kappa shape index (κ1) is 88.4. The highest BCUT2D eigenvalue weighted by Gasteiger charge is 2.60. The molecule has 14 N–H and O–H groups in total. The van der Waals surface area contributed by atoms with Crippen molar-refractivity contribution in [2.75, 3.05) is 26.4 Å². The fourth-order valence-electron chi connectivity index (χ4n) is 13.3. The number of nitrogens with one attached hydrogen (secondary N) is 2. The number of amides is 2. The van der Waals surface area contributed by atoms with Gasteiger partial charge in [-0.05, 0) is 44.9 Å². The highest BCUT2D eigenvalue weighted by atomic mass is 16.8. The van der Waals surface area contributed by atoms with Crippen LogP contribution in [0.25, 0.3) is 0 Å². The van der Waals surface area contributed by atoms with E-state index in [4.69, 9.17) is 28.4 Å². The van der Waals surface area contributed by atoms with Crippen LogP contribution >= 0.6 is 0 Å². The number of hydrogen-bond donors (Lipinski definition) is 14. The predicted octanol–water partition coefficient (Wildman–Crippen LogP) is 8.79. The number of unbranched alkanes of at least 4 members (excludes halogenated alkanes) is 37. The summed E-state index contributed by atoms with van der Waals surface area (Å²) in [6.07, 6.45) is 28.2. The fraction of sp³-hybridized carbons (Fsp3) is 0.905. The molecule has 0 bridgehead atoms. The number of ether oxygens (including phenoxy) is 6. The van der Waals surface area contributed by atoms with Gasteiger partial charge in [-0.3, -0.25) is 9.59 Å². The van der Waals surface area contributed by atoms with Crippen LogP contribution in [0.2, 0.25) is 0 Å². The van der Waals surface area contributed by atoms with E-state index in [2.05, 4.69) is 36.6 Å². The van der Waals surface area contributed by atoms with Crippen LogP contribution in [-0.2, 0) is 42.8 Å². The average Bonchev–Trinajstić information content (AvgIpc) is 0.758. The minimum absolute atomic E-state index is 0.202. The van der Waals surface area contributed by atoms with Crippen LogP contribution in [0.1, 0.15) is 290 Å². The maximum absolute atomic E-state index is 13.5. The maximum atomic E-state index is 13.5. The van der Waals surface area contributed by atoms with Crippen LogP contribution < -0.4 is 10.6 Å². The van der Waals surface area contributed by atoms with Crippen molar-refractivity contribution in [2.24, 2.45) is 0 Å². The molecular formula is C74H136N2O21. The molecule has 0 radical (unpaired) electrons. The van der Waals surface area contributed by atoms with Gasteiger partial charge in [0.25, 0.3) is 5.79 Å². The maximum Gasteiger partial charge on any atom is 0.364 e. The van der Waals surface area contributed by atoms with Crippen LogP contribution in [0.3, 0.4) is 0 Å². The number of carboxylic acid groups (broad SMARTS) is 1. The summed E-state index contributed by atoms with van der Waals surface area (Å²) in [5.74, 6) is -6.14. The molecule has 0 aromatic rings. The van der Waals surface area contributed by atoms with E-state index in [1.807, 2.05) is 6.08 Å². The summed E-state index contributed by atoms with van der Waals surface area (Å²) in [7, 11) is 0. The second-order valence-corrected chi connectivity index (χ2v) is 27.9. The van der Waals surface area contributed by atoms with Gasteiger partial charge >= 0.3 is 5.97 Å². The normalized spacial score (nSPS) is 27.5. The van der Waals surface area contributed by atoms with E-state index in [0.29, 0.717) is 12.8 Å². The smallest absolute Gasteiger partial charge is 0.364 e. The molecule has 3 rings (SSSR count). The van der Waals surface area contributed by atoms with Crippen LogP contribution in [0.4, 0.5) is 0 Å². The van der Waals surface area contributed by atoms with E-state index in [-0.39, 0.29) is 12.3 Å². The molecular weight excluding hydrogens is 1250 g/mol. The van der Waals surface area contributed by atoms with Crippen molar-refractivity contribution >= 4 is 17.8 Å². The third kappa shape index (κ3) is 35.3. The van der Waals surface area contributed by atoms with E-state index in [9.17, 15) is 75.7 Å². The number of carbonyl (C=O) groups excluding carboxylic acids is 2. The van der Waals surface area contributed by atoms with E-state index >= 15 is 0 Å². The Morgan fingerprint density at radius 2 is 0.969 bits per heavy atom. The molecule has 0 saturated carbocycles. The minimum Gasteiger partial charge on any atom is -0.477 e. The van der Waals surface area contributed by atoms with Gasteiger partial charge in [0.1, 0.15) is 67.1 Å². The summed E-state index contributed by atoms with van der Waals surface area (Å²) in [5, 5.41) is 136. The molecule has 0 spiro atoms. The second-order valence-electron chi connectivity index (χ2n) is 27.9. The molecule has 3 saturated heterocycles. The number of aliphatic hydroxyl groups excluding tert-OH is 11. The number of carboxylic acids is 1. The Bertz CT molecular complexity index is 2040. The van der Waals surface area contributed by atoms with Crippen molar-refractivity contribution in [1.82, 2.24) is 10.6 Å². The number of aliphatic hydroxyl groups is 11. The quantitative estimate of drug-likeness (QED) is 0.0200. The molecule has 18 unspecified atom stereocenters. The molecule has 0 aromatic carbocycles.